The fourth-order valence-electron chi connectivity index (χ4n) is 2.65. The van der Waals surface area contributed by atoms with Crippen LogP contribution in [-0.4, -0.2) is 18.0 Å². The Morgan fingerprint density at radius 3 is 2.33 bits per heavy atom. The maximum absolute atomic E-state index is 13.3. The van der Waals surface area contributed by atoms with E-state index >= 15 is 0 Å². The molecule has 18 heavy (non-hydrogen) atoms. The van der Waals surface area contributed by atoms with Crippen molar-refractivity contribution in [1.29, 1.82) is 0 Å². The summed E-state index contributed by atoms with van der Waals surface area (Å²) in [5, 5.41) is 0. The van der Waals surface area contributed by atoms with Crippen LogP contribution < -0.4 is 5.73 Å². The van der Waals surface area contributed by atoms with E-state index < -0.39 is 0 Å². The number of likely N-dealkylation sites (tertiary alicyclic amines) is 1. The predicted octanol–water partition coefficient (Wildman–Crippen LogP) is 3.05. The standard InChI is InChI=1S/C15H23FN2/c16-15-7-6-13(11-17)14(10-15)12-18-8-4-2-1-3-5-9-18/h6-7,10H,1-5,8-9,11-12,17H2. The van der Waals surface area contributed by atoms with E-state index in [1.54, 1.807) is 6.07 Å². The Morgan fingerprint density at radius 1 is 1.00 bits per heavy atom. The Hall–Kier alpha value is -0.930. The molecule has 0 unspecified atom stereocenters. The summed E-state index contributed by atoms with van der Waals surface area (Å²) >= 11 is 0. The Labute approximate surface area is 109 Å². The van der Waals surface area contributed by atoms with E-state index in [-0.39, 0.29) is 5.82 Å². The molecule has 1 saturated heterocycles. The van der Waals surface area contributed by atoms with Gasteiger partial charge in [-0.3, -0.25) is 4.90 Å². The molecule has 1 aromatic carbocycles. The summed E-state index contributed by atoms with van der Waals surface area (Å²) in [6, 6.07) is 4.95. The minimum atomic E-state index is -0.158. The molecule has 0 atom stereocenters. The van der Waals surface area contributed by atoms with Gasteiger partial charge in [-0.05, 0) is 49.2 Å². The van der Waals surface area contributed by atoms with E-state index in [0.29, 0.717) is 6.54 Å². The van der Waals surface area contributed by atoms with E-state index in [4.69, 9.17) is 5.73 Å². The zero-order valence-corrected chi connectivity index (χ0v) is 11.0. The molecule has 1 aliphatic rings. The highest BCUT2D eigenvalue weighted by Gasteiger charge is 2.11. The fourth-order valence-corrected chi connectivity index (χ4v) is 2.65. The lowest BCUT2D eigenvalue weighted by atomic mass is 10.0. The topological polar surface area (TPSA) is 29.3 Å². The number of halogens is 1. The smallest absolute Gasteiger partial charge is 0.123 e. The van der Waals surface area contributed by atoms with Gasteiger partial charge in [0.25, 0.3) is 0 Å². The highest BCUT2D eigenvalue weighted by atomic mass is 19.1. The number of nitrogens with zero attached hydrogens (tertiary/aromatic N) is 1. The van der Waals surface area contributed by atoms with Gasteiger partial charge in [0.15, 0.2) is 0 Å². The number of hydrogen-bond donors (Lipinski definition) is 1. The van der Waals surface area contributed by atoms with E-state index in [9.17, 15) is 4.39 Å². The fraction of sp³-hybridized carbons (Fsp3) is 0.600. The van der Waals surface area contributed by atoms with Crippen LogP contribution in [-0.2, 0) is 13.1 Å². The molecule has 0 aliphatic carbocycles. The quantitative estimate of drug-likeness (QED) is 0.893. The molecule has 3 heteroatoms. The maximum Gasteiger partial charge on any atom is 0.123 e. The molecule has 0 amide bonds. The van der Waals surface area contributed by atoms with Crippen molar-refractivity contribution in [3.63, 3.8) is 0 Å². The van der Waals surface area contributed by atoms with Gasteiger partial charge in [-0.15, -0.1) is 0 Å². The van der Waals surface area contributed by atoms with Crippen LogP contribution in [0, 0.1) is 5.82 Å². The Kier molecular flexibility index (Phi) is 5.14. The predicted molar refractivity (Wildman–Crippen MR) is 72.7 cm³/mol. The molecule has 0 bridgehead atoms. The third-order valence-electron chi connectivity index (χ3n) is 3.73. The number of rotatable bonds is 3. The molecule has 0 aromatic heterocycles. The second-order valence-electron chi connectivity index (χ2n) is 5.16. The van der Waals surface area contributed by atoms with E-state index in [1.165, 1.54) is 38.2 Å². The van der Waals surface area contributed by atoms with Gasteiger partial charge >= 0.3 is 0 Å². The first kappa shape index (κ1) is 13.5. The Bertz CT molecular complexity index is 371. The molecule has 1 aliphatic heterocycles. The lowest BCUT2D eigenvalue weighted by Gasteiger charge is -2.25. The van der Waals surface area contributed by atoms with E-state index in [2.05, 4.69) is 4.90 Å². The summed E-state index contributed by atoms with van der Waals surface area (Å²) in [6.45, 7) is 3.58. The van der Waals surface area contributed by atoms with Crippen LogP contribution in [0.1, 0.15) is 43.2 Å². The zero-order valence-electron chi connectivity index (χ0n) is 11.0. The summed E-state index contributed by atoms with van der Waals surface area (Å²) in [7, 11) is 0. The van der Waals surface area contributed by atoms with Crippen molar-refractivity contribution in [3.8, 4) is 0 Å². The van der Waals surface area contributed by atoms with Crippen molar-refractivity contribution < 1.29 is 4.39 Å². The molecule has 0 radical (unpaired) electrons. The molecule has 2 rings (SSSR count). The van der Waals surface area contributed by atoms with Crippen LogP contribution in [0.4, 0.5) is 4.39 Å². The summed E-state index contributed by atoms with van der Waals surface area (Å²) < 4.78 is 13.3. The first-order valence-corrected chi connectivity index (χ1v) is 6.99. The van der Waals surface area contributed by atoms with Crippen LogP contribution in [0.15, 0.2) is 18.2 Å². The van der Waals surface area contributed by atoms with Gasteiger partial charge in [0.2, 0.25) is 0 Å². The number of nitrogens with two attached hydrogens (primary N) is 1. The second-order valence-corrected chi connectivity index (χ2v) is 5.16. The van der Waals surface area contributed by atoms with Gasteiger partial charge < -0.3 is 5.73 Å². The Morgan fingerprint density at radius 2 is 1.67 bits per heavy atom. The lowest BCUT2D eigenvalue weighted by molar-refractivity contribution is 0.239. The SMILES string of the molecule is NCc1ccc(F)cc1CN1CCCCCCC1. The van der Waals surface area contributed by atoms with Crippen LogP contribution >= 0.6 is 0 Å². The zero-order chi connectivity index (χ0) is 12.8. The minimum absolute atomic E-state index is 0.158. The molecule has 1 heterocycles. The van der Waals surface area contributed by atoms with Gasteiger partial charge in [-0.2, -0.15) is 0 Å². The maximum atomic E-state index is 13.3. The number of hydrogen-bond acceptors (Lipinski definition) is 2. The third-order valence-corrected chi connectivity index (χ3v) is 3.73. The summed E-state index contributed by atoms with van der Waals surface area (Å²) in [5.74, 6) is -0.158. The van der Waals surface area contributed by atoms with Crippen molar-refractivity contribution in [1.82, 2.24) is 4.90 Å². The van der Waals surface area contributed by atoms with Gasteiger partial charge in [0.05, 0.1) is 0 Å². The summed E-state index contributed by atoms with van der Waals surface area (Å²) in [5.41, 5.74) is 7.84. The van der Waals surface area contributed by atoms with Crippen LogP contribution in [0.2, 0.25) is 0 Å². The second kappa shape index (κ2) is 6.86. The molecule has 2 nitrogen and oxygen atoms in total. The van der Waals surface area contributed by atoms with Gasteiger partial charge in [0.1, 0.15) is 5.82 Å². The summed E-state index contributed by atoms with van der Waals surface area (Å²) in [6.07, 6.45) is 6.52. The first-order valence-electron chi connectivity index (χ1n) is 6.99. The van der Waals surface area contributed by atoms with Crippen molar-refractivity contribution in [2.45, 2.75) is 45.2 Å². The highest BCUT2D eigenvalue weighted by molar-refractivity contribution is 5.27. The molecule has 1 aromatic rings. The average molecular weight is 250 g/mol. The molecule has 2 N–H and O–H groups in total. The molecule has 0 saturated carbocycles. The molecule has 100 valence electrons. The van der Waals surface area contributed by atoms with Gasteiger partial charge in [0, 0.05) is 13.1 Å². The van der Waals surface area contributed by atoms with E-state index in [1.807, 2.05) is 6.07 Å². The van der Waals surface area contributed by atoms with Crippen molar-refractivity contribution >= 4 is 0 Å². The third kappa shape index (κ3) is 3.79. The Balaban J connectivity index is 2.04. The normalized spacial score (nSPS) is 18.3. The van der Waals surface area contributed by atoms with Gasteiger partial charge in [-0.25, -0.2) is 4.39 Å². The van der Waals surface area contributed by atoms with Crippen molar-refractivity contribution in [2.75, 3.05) is 13.1 Å². The average Bonchev–Trinajstić information content (AvgIpc) is 2.33. The molecule has 1 fully saturated rings. The highest BCUT2D eigenvalue weighted by Crippen LogP contribution is 2.17. The number of benzene rings is 1. The van der Waals surface area contributed by atoms with E-state index in [0.717, 1.165) is 30.8 Å². The van der Waals surface area contributed by atoms with Crippen molar-refractivity contribution in [3.05, 3.63) is 35.1 Å². The molecular formula is C15H23FN2. The minimum Gasteiger partial charge on any atom is -0.326 e. The molecule has 0 spiro atoms. The van der Waals surface area contributed by atoms with Crippen LogP contribution in [0.25, 0.3) is 0 Å². The van der Waals surface area contributed by atoms with Crippen LogP contribution in [0.3, 0.4) is 0 Å². The van der Waals surface area contributed by atoms with Gasteiger partial charge in [-0.1, -0.05) is 25.3 Å². The first-order chi connectivity index (χ1) is 8.79. The molecular weight excluding hydrogens is 227 g/mol. The monoisotopic (exact) mass is 250 g/mol. The summed E-state index contributed by atoms with van der Waals surface area (Å²) in [4.78, 5) is 2.44. The van der Waals surface area contributed by atoms with Crippen molar-refractivity contribution in [2.24, 2.45) is 5.73 Å². The lowest BCUT2D eigenvalue weighted by Crippen LogP contribution is -2.27. The largest absolute Gasteiger partial charge is 0.326 e. The van der Waals surface area contributed by atoms with Crippen LogP contribution in [0.5, 0.6) is 0 Å².